The predicted octanol–water partition coefficient (Wildman–Crippen LogP) is 3.63. The first-order chi connectivity index (χ1) is 8.60. The van der Waals surface area contributed by atoms with Crippen molar-refractivity contribution in [2.75, 3.05) is 7.05 Å². The van der Waals surface area contributed by atoms with E-state index in [0.29, 0.717) is 12.1 Å². The molecule has 0 aliphatic carbocycles. The maximum atomic E-state index is 4.61. The molecule has 0 fully saturated rings. The van der Waals surface area contributed by atoms with Crippen LogP contribution in [0.3, 0.4) is 0 Å². The summed E-state index contributed by atoms with van der Waals surface area (Å²) in [6, 6.07) is 5.13. The second-order valence-electron chi connectivity index (χ2n) is 4.61. The lowest BCUT2D eigenvalue weighted by Gasteiger charge is -2.13. The topological polar surface area (TPSA) is 29.9 Å². The summed E-state index contributed by atoms with van der Waals surface area (Å²) in [5, 5.41) is 10.2. The molecule has 0 spiro atoms. The van der Waals surface area contributed by atoms with Crippen molar-refractivity contribution in [1.82, 2.24) is 15.1 Å². The molecule has 5 heteroatoms. The Morgan fingerprint density at radius 3 is 2.78 bits per heavy atom. The minimum absolute atomic E-state index is 0.347. The third-order valence-corrected chi connectivity index (χ3v) is 4.75. The molecule has 18 heavy (non-hydrogen) atoms. The van der Waals surface area contributed by atoms with Crippen LogP contribution in [0, 0.1) is 2.88 Å². The van der Waals surface area contributed by atoms with Crippen LogP contribution < -0.4 is 5.32 Å². The van der Waals surface area contributed by atoms with Crippen LogP contribution in [0.25, 0.3) is 0 Å². The Morgan fingerprint density at radius 2 is 2.28 bits per heavy atom. The van der Waals surface area contributed by atoms with Gasteiger partial charge in [-0.15, -0.1) is 11.3 Å². The zero-order valence-electron chi connectivity index (χ0n) is 10.9. The van der Waals surface area contributed by atoms with E-state index < -0.39 is 0 Å². The summed E-state index contributed by atoms with van der Waals surface area (Å²) in [5.74, 6) is 0. The van der Waals surface area contributed by atoms with E-state index in [1.807, 2.05) is 11.7 Å². The number of nitrogens with zero attached hydrogens (tertiary/aromatic N) is 2. The van der Waals surface area contributed by atoms with Crippen LogP contribution in [0.5, 0.6) is 0 Å². The molecular formula is C13H18IN3S. The molecule has 0 amide bonds. The van der Waals surface area contributed by atoms with Crippen LogP contribution in [-0.4, -0.2) is 16.8 Å². The molecule has 1 N–H and O–H groups in total. The molecule has 0 saturated heterocycles. The van der Waals surface area contributed by atoms with Crippen molar-refractivity contribution in [3.8, 4) is 0 Å². The van der Waals surface area contributed by atoms with Crippen molar-refractivity contribution < 1.29 is 0 Å². The molecular weight excluding hydrogens is 357 g/mol. The van der Waals surface area contributed by atoms with Gasteiger partial charge in [-0.1, -0.05) is 0 Å². The fourth-order valence-electron chi connectivity index (χ4n) is 1.88. The molecule has 2 rings (SSSR count). The third-order valence-electron chi connectivity index (χ3n) is 2.94. The Morgan fingerprint density at radius 1 is 1.50 bits per heavy atom. The van der Waals surface area contributed by atoms with Crippen LogP contribution in [0.15, 0.2) is 23.7 Å². The minimum atomic E-state index is 0.347. The van der Waals surface area contributed by atoms with Gasteiger partial charge in [-0.25, -0.2) is 0 Å². The SMILES string of the molecule is CNC(Cc1ccn(C(C)C)n1)c1csc(I)c1. The van der Waals surface area contributed by atoms with Crippen molar-refractivity contribution in [1.29, 1.82) is 0 Å². The van der Waals surface area contributed by atoms with E-state index in [1.165, 1.54) is 8.45 Å². The maximum absolute atomic E-state index is 4.61. The summed E-state index contributed by atoms with van der Waals surface area (Å²) in [5.41, 5.74) is 2.50. The Hall–Kier alpha value is -0.400. The highest BCUT2D eigenvalue weighted by Gasteiger charge is 2.13. The number of rotatable bonds is 5. The lowest BCUT2D eigenvalue weighted by atomic mass is 10.1. The number of nitrogens with one attached hydrogen (secondary N) is 1. The summed E-state index contributed by atoms with van der Waals surface area (Å²) >= 11 is 4.15. The number of likely N-dealkylation sites (N-methyl/N-ethyl adjacent to an activating group) is 1. The first-order valence-corrected chi connectivity index (χ1v) is 8.01. The molecule has 0 aliphatic rings. The van der Waals surface area contributed by atoms with Crippen molar-refractivity contribution >= 4 is 33.9 Å². The van der Waals surface area contributed by atoms with E-state index in [0.717, 1.165) is 12.1 Å². The van der Waals surface area contributed by atoms with E-state index in [1.54, 1.807) is 11.3 Å². The van der Waals surface area contributed by atoms with E-state index in [-0.39, 0.29) is 0 Å². The van der Waals surface area contributed by atoms with Gasteiger partial charge in [-0.2, -0.15) is 5.10 Å². The highest BCUT2D eigenvalue weighted by Crippen LogP contribution is 2.24. The summed E-state index contributed by atoms with van der Waals surface area (Å²) < 4.78 is 3.34. The van der Waals surface area contributed by atoms with Gasteiger partial charge in [0.15, 0.2) is 0 Å². The van der Waals surface area contributed by atoms with Crippen LogP contribution >= 0.6 is 33.9 Å². The monoisotopic (exact) mass is 375 g/mol. The Labute approximate surface area is 126 Å². The molecule has 0 saturated carbocycles. The fraction of sp³-hybridized carbons (Fsp3) is 0.462. The van der Waals surface area contributed by atoms with Gasteiger partial charge in [0.2, 0.25) is 0 Å². The van der Waals surface area contributed by atoms with Crippen LogP contribution in [-0.2, 0) is 6.42 Å². The van der Waals surface area contributed by atoms with E-state index in [9.17, 15) is 0 Å². The van der Waals surface area contributed by atoms with Gasteiger partial charge < -0.3 is 5.32 Å². The number of thiophene rings is 1. The molecule has 0 aromatic carbocycles. The van der Waals surface area contributed by atoms with Gasteiger partial charge in [0.1, 0.15) is 0 Å². The highest BCUT2D eigenvalue weighted by atomic mass is 127. The van der Waals surface area contributed by atoms with Crippen molar-refractivity contribution in [3.63, 3.8) is 0 Å². The molecule has 0 aliphatic heterocycles. The average molecular weight is 375 g/mol. The van der Waals surface area contributed by atoms with E-state index in [2.05, 4.69) is 70.6 Å². The normalized spacial score (nSPS) is 13.2. The van der Waals surface area contributed by atoms with Crippen LogP contribution in [0.1, 0.15) is 37.2 Å². The third kappa shape index (κ3) is 3.33. The minimum Gasteiger partial charge on any atom is -0.313 e. The van der Waals surface area contributed by atoms with Crippen molar-refractivity contribution in [2.45, 2.75) is 32.4 Å². The Bertz CT molecular complexity index is 504. The molecule has 2 aromatic rings. The Balaban J connectivity index is 2.10. The molecule has 1 unspecified atom stereocenters. The smallest absolute Gasteiger partial charge is 0.0656 e. The number of aromatic nitrogens is 2. The number of halogens is 1. The first-order valence-electron chi connectivity index (χ1n) is 6.05. The lowest BCUT2D eigenvalue weighted by molar-refractivity contribution is 0.515. The summed E-state index contributed by atoms with van der Waals surface area (Å²) in [6.07, 6.45) is 2.99. The van der Waals surface area contributed by atoms with E-state index >= 15 is 0 Å². The van der Waals surface area contributed by atoms with Crippen molar-refractivity contribution in [2.24, 2.45) is 0 Å². The lowest BCUT2D eigenvalue weighted by Crippen LogP contribution is -2.18. The van der Waals surface area contributed by atoms with Gasteiger partial charge >= 0.3 is 0 Å². The van der Waals surface area contributed by atoms with Gasteiger partial charge in [-0.05, 0) is 66.6 Å². The summed E-state index contributed by atoms with van der Waals surface area (Å²) in [4.78, 5) is 0. The zero-order chi connectivity index (χ0) is 13.1. The summed E-state index contributed by atoms with van der Waals surface area (Å²) in [7, 11) is 2.01. The van der Waals surface area contributed by atoms with Gasteiger partial charge in [0, 0.05) is 24.7 Å². The molecule has 0 bridgehead atoms. The predicted molar refractivity (Wildman–Crippen MR) is 85.2 cm³/mol. The number of hydrogen-bond acceptors (Lipinski definition) is 3. The average Bonchev–Trinajstić information content (AvgIpc) is 2.94. The molecule has 0 radical (unpaired) electrons. The molecule has 3 nitrogen and oxygen atoms in total. The quantitative estimate of drug-likeness (QED) is 0.809. The van der Waals surface area contributed by atoms with E-state index in [4.69, 9.17) is 0 Å². The summed E-state index contributed by atoms with van der Waals surface area (Å²) in [6.45, 7) is 4.29. The van der Waals surface area contributed by atoms with Crippen LogP contribution in [0.4, 0.5) is 0 Å². The Kier molecular flexibility index (Phi) is 4.80. The molecule has 2 aromatic heterocycles. The molecule has 2 heterocycles. The van der Waals surface area contributed by atoms with Gasteiger partial charge in [0.25, 0.3) is 0 Å². The fourth-order valence-corrected chi connectivity index (χ4v) is 3.30. The molecule has 98 valence electrons. The second kappa shape index (κ2) is 6.16. The zero-order valence-corrected chi connectivity index (χ0v) is 13.8. The number of hydrogen-bond donors (Lipinski definition) is 1. The maximum Gasteiger partial charge on any atom is 0.0656 e. The standard InChI is InChI=1S/C13H18IN3S/c1-9(2)17-5-4-11(16-17)7-12(15-3)10-6-13(14)18-8-10/h4-6,8-9,12,15H,7H2,1-3H3. The van der Waals surface area contributed by atoms with Gasteiger partial charge in [-0.3, -0.25) is 4.68 Å². The second-order valence-corrected chi connectivity index (χ2v) is 7.42. The molecule has 1 atom stereocenters. The van der Waals surface area contributed by atoms with Gasteiger partial charge in [0.05, 0.1) is 8.58 Å². The highest BCUT2D eigenvalue weighted by molar-refractivity contribution is 14.1. The van der Waals surface area contributed by atoms with Crippen molar-refractivity contribution in [3.05, 3.63) is 37.9 Å². The largest absolute Gasteiger partial charge is 0.313 e. The van der Waals surface area contributed by atoms with Crippen LogP contribution in [0.2, 0.25) is 0 Å². The first kappa shape index (κ1) is 14.0.